The Balaban J connectivity index is 1.80. The summed E-state index contributed by atoms with van der Waals surface area (Å²) in [6.07, 6.45) is 1.49. The number of nitrogens with zero attached hydrogens (tertiary/aromatic N) is 1. The molecule has 5 nitrogen and oxygen atoms in total. The maximum absolute atomic E-state index is 12.8. The molecule has 0 radical (unpaired) electrons. The van der Waals surface area contributed by atoms with Crippen LogP contribution in [0.25, 0.3) is 0 Å². The zero-order valence-corrected chi connectivity index (χ0v) is 13.5. The number of hydrazone groups is 1. The molecule has 0 aliphatic rings. The van der Waals surface area contributed by atoms with Gasteiger partial charge in [0.2, 0.25) is 0 Å². The van der Waals surface area contributed by atoms with E-state index in [0.29, 0.717) is 0 Å². The van der Waals surface area contributed by atoms with Crippen LogP contribution in [0.5, 0.6) is 0 Å². The zero-order chi connectivity index (χ0) is 16.7. The quantitative estimate of drug-likeness (QED) is 0.620. The lowest BCUT2D eigenvalue weighted by Gasteiger charge is -2.04. The van der Waals surface area contributed by atoms with Crippen LogP contribution in [0, 0.1) is 5.82 Å². The highest BCUT2D eigenvalue weighted by Crippen LogP contribution is 2.13. The molecule has 0 bridgehead atoms. The number of nitrogens with one attached hydrogen (secondary N) is 2. The Morgan fingerprint density at radius 2 is 1.83 bits per heavy atom. The van der Waals surface area contributed by atoms with Crippen LogP contribution in [0.2, 0.25) is 0 Å². The van der Waals surface area contributed by atoms with Crippen molar-refractivity contribution in [2.75, 3.05) is 6.54 Å². The predicted molar refractivity (Wildman–Crippen MR) is 88.6 cm³/mol. The summed E-state index contributed by atoms with van der Waals surface area (Å²) in [5, 5.41) is 6.23. The predicted octanol–water partition coefficient (Wildman–Crippen LogP) is 2.47. The van der Waals surface area contributed by atoms with Crippen LogP contribution >= 0.6 is 15.9 Å². The largest absolute Gasteiger partial charge is 0.343 e. The van der Waals surface area contributed by atoms with Crippen molar-refractivity contribution in [2.24, 2.45) is 5.10 Å². The van der Waals surface area contributed by atoms with Crippen molar-refractivity contribution in [1.82, 2.24) is 10.7 Å². The second-order valence-electron chi connectivity index (χ2n) is 4.50. The Labute approximate surface area is 140 Å². The second kappa shape index (κ2) is 8.19. The van der Waals surface area contributed by atoms with E-state index in [2.05, 4.69) is 31.8 Å². The van der Waals surface area contributed by atoms with Crippen LogP contribution in [-0.2, 0) is 4.79 Å². The SMILES string of the molecule is O=C(CNC(=O)c1ccc(F)cc1)N/N=C/c1ccccc1Br. The van der Waals surface area contributed by atoms with Gasteiger partial charge < -0.3 is 5.32 Å². The van der Waals surface area contributed by atoms with E-state index in [1.165, 1.54) is 30.5 Å². The number of carbonyl (C=O) groups excluding carboxylic acids is 2. The van der Waals surface area contributed by atoms with Crippen molar-refractivity contribution in [3.05, 3.63) is 69.9 Å². The summed E-state index contributed by atoms with van der Waals surface area (Å²) in [5.74, 6) is -1.36. The highest BCUT2D eigenvalue weighted by Gasteiger charge is 2.07. The average Bonchev–Trinajstić information content (AvgIpc) is 2.55. The van der Waals surface area contributed by atoms with Gasteiger partial charge in [-0.05, 0) is 30.3 Å². The molecule has 118 valence electrons. The Hall–Kier alpha value is -2.54. The fourth-order valence-electron chi connectivity index (χ4n) is 1.66. The van der Waals surface area contributed by atoms with Crippen LogP contribution in [-0.4, -0.2) is 24.6 Å². The van der Waals surface area contributed by atoms with Crippen molar-refractivity contribution in [3.8, 4) is 0 Å². The summed E-state index contributed by atoms with van der Waals surface area (Å²) < 4.78 is 13.6. The topological polar surface area (TPSA) is 70.6 Å². The first kappa shape index (κ1) is 16.8. The lowest BCUT2D eigenvalue weighted by atomic mass is 10.2. The molecule has 0 unspecified atom stereocenters. The molecular weight excluding hydrogens is 365 g/mol. The van der Waals surface area contributed by atoms with Crippen LogP contribution < -0.4 is 10.7 Å². The van der Waals surface area contributed by atoms with E-state index in [1.807, 2.05) is 24.3 Å². The number of carbonyl (C=O) groups is 2. The Morgan fingerprint density at radius 1 is 1.13 bits per heavy atom. The number of benzene rings is 2. The van der Waals surface area contributed by atoms with Gasteiger partial charge >= 0.3 is 0 Å². The summed E-state index contributed by atoms with van der Waals surface area (Å²) >= 11 is 3.36. The van der Waals surface area contributed by atoms with Crippen LogP contribution in [0.3, 0.4) is 0 Å². The average molecular weight is 378 g/mol. The molecule has 0 atom stereocenters. The summed E-state index contributed by atoms with van der Waals surface area (Å²) in [5.41, 5.74) is 3.39. The molecular formula is C16H13BrFN3O2. The third-order valence-electron chi connectivity index (χ3n) is 2.81. The Kier molecular flexibility index (Phi) is 5.99. The van der Waals surface area contributed by atoms with E-state index < -0.39 is 17.6 Å². The van der Waals surface area contributed by atoms with Gasteiger partial charge in [0.1, 0.15) is 5.82 Å². The number of rotatable bonds is 5. The monoisotopic (exact) mass is 377 g/mol. The highest BCUT2D eigenvalue weighted by molar-refractivity contribution is 9.10. The van der Waals surface area contributed by atoms with Gasteiger partial charge in [-0.1, -0.05) is 34.1 Å². The minimum atomic E-state index is -0.469. The fourth-order valence-corrected chi connectivity index (χ4v) is 2.04. The lowest BCUT2D eigenvalue weighted by Crippen LogP contribution is -2.34. The number of hydrogen-bond acceptors (Lipinski definition) is 3. The van der Waals surface area contributed by atoms with Crippen LogP contribution in [0.4, 0.5) is 4.39 Å². The van der Waals surface area contributed by atoms with Gasteiger partial charge in [-0.3, -0.25) is 9.59 Å². The van der Waals surface area contributed by atoms with Gasteiger partial charge in [0.05, 0.1) is 12.8 Å². The van der Waals surface area contributed by atoms with Crippen molar-refractivity contribution in [3.63, 3.8) is 0 Å². The summed E-state index contributed by atoms with van der Waals surface area (Å²) in [6, 6.07) is 12.4. The normalized spacial score (nSPS) is 10.5. The third-order valence-corrected chi connectivity index (χ3v) is 3.54. The summed E-state index contributed by atoms with van der Waals surface area (Å²) in [4.78, 5) is 23.3. The molecule has 2 rings (SSSR count). The van der Waals surface area contributed by atoms with Crippen molar-refractivity contribution < 1.29 is 14.0 Å². The van der Waals surface area contributed by atoms with Gasteiger partial charge in [-0.2, -0.15) is 5.10 Å². The van der Waals surface area contributed by atoms with E-state index >= 15 is 0 Å². The first-order valence-corrected chi connectivity index (χ1v) is 7.46. The number of amides is 2. The van der Waals surface area contributed by atoms with Gasteiger partial charge in [0.25, 0.3) is 11.8 Å². The minimum absolute atomic E-state index is 0.233. The molecule has 2 aromatic carbocycles. The minimum Gasteiger partial charge on any atom is -0.343 e. The van der Waals surface area contributed by atoms with Gasteiger partial charge in [-0.15, -0.1) is 0 Å². The molecule has 2 N–H and O–H groups in total. The molecule has 2 amide bonds. The molecule has 2 aromatic rings. The fraction of sp³-hybridized carbons (Fsp3) is 0.0625. The van der Waals surface area contributed by atoms with Gasteiger partial charge in [0.15, 0.2) is 0 Å². The molecule has 7 heteroatoms. The second-order valence-corrected chi connectivity index (χ2v) is 5.36. The zero-order valence-electron chi connectivity index (χ0n) is 11.9. The van der Waals surface area contributed by atoms with Crippen LogP contribution in [0.15, 0.2) is 58.1 Å². The molecule has 0 heterocycles. The molecule has 0 fully saturated rings. The summed E-state index contributed by atoms with van der Waals surface area (Å²) in [7, 11) is 0. The van der Waals surface area contributed by atoms with E-state index in [4.69, 9.17) is 0 Å². The standard InChI is InChI=1S/C16H13BrFN3O2/c17-14-4-2-1-3-12(14)9-20-21-15(22)10-19-16(23)11-5-7-13(18)8-6-11/h1-9H,10H2,(H,19,23)(H,21,22)/b20-9+. The molecule has 0 aliphatic carbocycles. The highest BCUT2D eigenvalue weighted by atomic mass is 79.9. The lowest BCUT2D eigenvalue weighted by molar-refractivity contribution is -0.120. The maximum Gasteiger partial charge on any atom is 0.259 e. The molecule has 23 heavy (non-hydrogen) atoms. The molecule has 0 saturated heterocycles. The van der Waals surface area contributed by atoms with Crippen molar-refractivity contribution in [2.45, 2.75) is 0 Å². The smallest absolute Gasteiger partial charge is 0.259 e. The van der Waals surface area contributed by atoms with Gasteiger partial charge in [0, 0.05) is 15.6 Å². The van der Waals surface area contributed by atoms with Crippen LogP contribution in [0.1, 0.15) is 15.9 Å². The van der Waals surface area contributed by atoms with Crippen molar-refractivity contribution in [1.29, 1.82) is 0 Å². The first-order chi connectivity index (χ1) is 11.1. The molecule has 0 spiro atoms. The Morgan fingerprint density at radius 3 is 2.52 bits per heavy atom. The van der Waals surface area contributed by atoms with Gasteiger partial charge in [-0.25, -0.2) is 9.82 Å². The number of hydrogen-bond donors (Lipinski definition) is 2. The molecule has 0 aromatic heterocycles. The van der Waals surface area contributed by atoms with E-state index in [0.717, 1.165) is 10.0 Å². The van der Waals surface area contributed by atoms with E-state index in [9.17, 15) is 14.0 Å². The molecule has 0 aliphatic heterocycles. The van der Waals surface area contributed by atoms with E-state index in [-0.39, 0.29) is 12.1 Å². The molecule has 0 saturated carbocycles. The van der Waals surface area contributed by atoms with E-state index in [1.54, 1.807) is 0 Å². The first-order valence-electron chi connectivity index (χ1n) is 6.66. The number of halogens is 2. The Bertz CT molecular complexity index is 732. The maximum atomic E-state index is 12.8. The third kappa shape index (κ3) is 5.30. The van der Waals surface area contributed by atoms with Crippen molar-refractivity contribution >= 4 is 34.0 Å². The summed E-state index contributed by atoms with van der Waals surface area (Å²) in [6.45, 7) is -0.233.